The summed E-state index contributed by atoms with van der Waals surface area (Å²) in [5.74, 6) is 0. The number of rotatable bonds is 6. The van der Waals surface area contributed by atoms with Crippen molar-refractivity contribution in [2.45, 2.75) is 59.0 Å². The van der Waals surface area contributed by atoms with Crippen LogP contribution in [0.15, 0.2) is 6.20 Å². The van der Waals surface area contributed by atoms with Gasteiger partial charge in [0.25, 0.3) is 0 Å². The van der Waals surface area contributed by atoms with Gasteiger partial charge in [0.1, 0.15) is 0 Å². The molecule has 0 aromatic carbocycles. The topological polar surface area (TPSA) is 24.9 Å². The summed E-state index contributed by atoms with van der Waals surface area (Å²) in [6.45, 7) is 9.80. The van der Waals surface area contributed by atoms with Crippen molar-refractivity contribution in [3.8, 4) is 0 Å². The van der Waals surface area contributed by atoms with Crippen LogP contribution in [0.3, 0.4) is 0 Å². The molecule has 0 saturated carbocycles. The van der Waals surface area contributed by atoms with Crippen LogP contribution in [-0.2, 0) is 6.54 Å². The molecule has 1 N–H and O–H groups in total. The minimum atomic E-state index is 0.317. The Kier molecular flexibility index (Phi) is 4.74. The van der Waals surface area contributed by atoms with E-state index in [4.69, 9.17) is 0 Å². The van der Waals surface area contributed by atoms with Gasteiger partial charge in [-0.1, -0.05) is 20.8 Å². The van der Waals surface area contributed by atoms with Crippen molar-refractivity contribution >= 4 is 11.3 Å². The van der Waals surface area contributed by atoms with E-state index >= 15 is 0 Å². The molecule has 3 heteroatoms. The molecule has 0 atom stereocenters. The van der Waals surface area contributed by atoms with Gasteiger partial charge in [-0.15, -0.1) is 11.3 Å². The van der Waals surface area contributed by atoms with Crippen molar-refractivity contribution in [1.82, 2.24) is 10.3 Å². The van der Waals surface area contributed by atoms with Crippen LogP contribution in [0.5, 0.6) is 0 Å². The molecule has 1 rings (SSSR count). The summed E-state index contributed by atoms with van der Waals surface area (Å²) in [6.07, 6.45) is 5.56. The second-order valence-electron chi connectivity index (χ2n) is 4.04. The zero-order valence-electron chi connectivity index (χ0n) is 10.3. The fourth-order valence-corrected chi connectivity index (χ4v) is 2.62. The fraction of sp³-hybridized carbons (Fsp3) is 0.750. The zero-order chi connectivity index (χ0) is 11.3. The lowest BCUT2D eigenvalue weighted by molar-refractivity contribution is 0.289. The lowest BCUT2D eigenvalue weighted by atomic mass is 9.90. The molecular formula is C12H22N2S. The molecule has 15 heavy (non-hydrogen) atoms. The summed E-state index contributed by atoms with van der Waals surface area (Å²) in [5, 5.41) is 4.84. The van der Waals surface area contributed by atoms with Crippen LogP contribution in [0.1, 0.15) is 49.9 Å². The summed E-state index contributed by atoms with van der Waals surface area (Å²) >= 11 is 1.79. The number of hydrogen-bond acceptors (Lipinski definition) is 3. The number of aryl methyl sites for hydroxylation is 1. The Labute approximate surface area is 97.1 Å². The predicted molar refractivity (Wildman–Crippen MR) is 67.3 cm³/mol. The third kappa shape index (κ3) is 3.28. The molecule has 0 radical (unpaired) electrons. The van der Waals surface area contributed by atoms with E-state index in [0.717, 1.165) is 11.6 Å². The molecule has 2 nitrogen and oxygen atoms in total. The normalized spacial score (nSPS) is 12.0. The average Bonchev–Trinajstić information content (AvgIpc) is 2.67. The largest absolute Gasteiger partial charge is 0.306 e. The molecule has 0 aliphatic heterocycles. The predicted octanol–water partition coefficient (Wildman–Crippen LogP) is 3.51. The maximum atomic E-state index is 4.27. The highest BCUT2D eigenvalue weighted by Crippen LogP contribution is 2.21. The van der Waals surface area contributed by atoms with Crippen LogP contribution >= 0.6 is 11.3 Å². The average molecular weight is 226 g/mol. The lowest BCUT2D eigenvalue weighted by Gasteiger charge is -2.31. The molecule has 0 spiro atoms. The maximum Gasteiger partial charge on any atom is 0.0897 e. The van der Waals surface area contributed by atoms with Crippen molar-refractivity contribution in [3.63, 3.8) is 0 Å². The van der Waals surface area contributed by atoms with Crippen molar-refractivity contribution < 1.29 is 0 Å². The Balaban J connectivity index is 2.54. The fourth-order valence-electron chi connectivity index (χ4n) is 1.89. The van der Waals surface area contributed by atoms with Crippen LogP contribution in [0.25, 0.3) is 0 Å². The van der Waals surface area contributed by atoms with Crippen LogP contribution < -0.4 is 5.32 Å². The van der Waals surface area contributed by atoms with E-state index in [2.05, 4.69) is 38.0 Å². The van der Waals surface area contributed by atoms with Crippen LogP contribution in [-0.4, -0.2) is 10.5 Å². The van der Waals surface area contributed by atoms with Gasteiger partial charge >= 0.3 is 0 Å². The first kappa shape index (κ1) is 12.7. The van der Waals surface area contributed by atoms with Gasteiger partial charge in [0, 0.05) is 23.2 Å². The molecule has 1 heterocycles. The minimum Gasteiger partial charge on any atom is -0.306 e. The first-order valence-corrected chi connectivity index (χ1v) is 6.63. The highest BCUT2D eigenvalue weighted by molar-refractivity contribution is 7.11. The third-order valence-corrected chi connectivity index (χ3v) is 4.25. The first-order valence-electron chi connectivity index (χ1n) is 5.82. The number of hydrogen-bond donors (Lipinski definition) is 1. The lowest BCUT2D eigenvalue weighted by Crippen LogP contribution is -2.42. The summed E-state index contributed by atoms with van der Waals surface area (Å²) < 4.78 is 0. The van der Waals surface area contributed by atoms with Gasteiger partial charge in [0.2, 0.25) is 0 Å². The van der Waals surface area contributed by atoms with Gasteiger partial charge in [-0.3, -0.25) is 0 Å². The summed E-state index contributed by atoms with van der Waals surface area (Å²) in [4.78, 5) is 5.61. The smallest absolute Gasteiger partial charge is 0.0897 e. The molecule has 0 aliphatic carbocycles. The van der Waals surface area contributed by atoms with E-state index in [1.807, 2.05) is 6.20 Å². The van der Waals surface area contributed by atoms with Crippen LogP contribution in [0, 0.1) is 6.92 Å². The van der Waals surface area contributed by atoms with E-state index in [0.29, 0.717) is 5.54 Å². The molecule has 0 aliphatic rings. The molecule has 86 valence electrons. The van der Waals surface area contributed by atoms with E-state index in [-0.39, 0.29) is 0 Å². The minimum absolute atomic E-state index is 0.317. The zero-order valence-corrected chi connectivity index (χ0v) is 11.1. The molecule has 0 bridgehead atoms. The quantitative estimate of drug-likeness (QED) is 0.803. The van der Waals surface area contributed by atoms with Crippen LogP contribution in [0.2, 0.25) is 0 Å². The van der Waals surface area contributed by atoms with Gasteiger partial charge in [-0.05, 0) is 26.2 Å². The van der Waals surface area contributed by atoms with Crippen molar-refractivity contribution in [3.05, 3.63) is 16.1 Å². The molecule has 0 amide bonds. The Morgan fingerprint density at radius 1 is 1.27 bits per heavy atom. The Morgan fingerprint density at radius 2 is 1.87 bits per heavy atom. The summed E-state index contributed by atoms with van der Waals surface area (Å²) in [7, 11) is 0. The molecular weight excluding hydrogens is 204 g/mol. The van der Waals surface area contributed by atoms with E-state index in [9.17, 15) is 0 Å². The van der Waals surface area contributed by atoms with Gasteiger partial charge in [0.05, 0.1) is 5.01 Å². The first-order chi connectivity index (χ1) is 7.15. The third-order valence-electron chi connectivity index (χ3n) is 3.34. The number of thiazole rings is 1. The van der Waals surface area contributed by atoms with E-state index in [1.165, 1.54) is 24.1 Å². The summed E-state index contributed by atoms with van der Waals surface area (Å²) in [5.41, 5.74) is 0.317. The highest BCUT2D eigenvalue weighted by atomic mass is 32.1. The number of aromatic nitrogens is 1. The van der Waals surface area contributed by atoms with Gasteiger partial charge in [-0.2, -0.15) is 0 Å². The van der Waals surface area contributed by atoms with Crippen LogP contribution in [0.4, 0.5) is 0 Å². The van der Waals surface area contributed by atoms with E-state index in [1.54, 1.807) is 11.3 Å². The molecule has 0 fully saturated rings. The maximum absolute atomic E-state index is 4.27. The monoisotopic (exact) mass is 226 g/mol. The second kappa shape index (κ2) is 5.61. The SMILES string of the molecule is CCC(CC)(CC)NCc1cnc(C)s1. The Bertz CT molecular complexity index is 281. The van der Waals surface area contributed by atoms with Crippen molar-refractivity contribution in [2.24, 2.45) is 0 Å². The Morgan fingerprint density at radius 3 is 2.27 bits per heavy atom. The highest BCUT2D eigenvalue weighted by Gasteiger charge is 2.22. The molecule has 0 unspecified atom stereocenters. The molecule has 0 saturated heterocycles. The van der Waals surface area contributed by atoms with Gasteiger partial charge < -0.3 is 5.32 Å². The van der Waals surface area contributed by atoms with Crippen molar-refractivity contribution in [1.29, 1.82) is 0 Å². The Hall–Kier alpha value is -0.410. The van der Waals surface area contributed by atoms with Gasteiger partial charge in [-0.25, -0.2) is 4.98 Å². The number of nitrogens with zero attached hydrogens (tertiary/aromatic N) is 1. The summed E-state index contributed by atoms with van der Waals surface area (Å²) in [6, 6.07) is 0. The number of nitrogens with one attached hydrogen (secondary N) is 1. The molecule has 1 aromatic heterocycles. The second-order valence-corrected chi connectivity index (χ2v) is 5.36. The van der Waals surface area contributed by atoms with E-state index < -0.39 is 0 Å². The van der Waals surface area contributed by atoms with Gasteiger partial charge in [0.15, 0.2) is 0 Å². The molecule has 1 aromatic rings. The van der Waals surface area contributed by atoms with Crippen molar-refractivity contribution in [2.75, 3.05) is 0 Å². The standard InChI is InChI=1S/C12H22N2S/c1-5-12(6-2,7-3)14-9-11-8-13-10(4)15-11/h8,14H,5-7,9H2,1-4H3.